The van der Waals surface area contributed by atoms with Crippen LogP contribution in [0, 0.1) is 0 Å². The third-order valence-corrected chi connectivity index (χ3v) is 5.33. The number of hydrogen-bond donors (Lipinski definition) is 1. The van der Waals surface area contributed by atoms with Crippen molar-refractivity contribution in [3.63, 3.8) is 0 Å². The van der Waals surface area contributed by atoms with Crippen LogP contribution in [0.15, 0.2) is 48.7 Å². The number of carbonyl (C=O) groups excluding carboxylic acids is 2. The maximum Gasteiger partial charge on any atom is 0.340 e. The van der Waals surface area contributed by atoms with Gasteiger partial charge in [-0.1, -0.05) is 29.8 Å². The molecule has 2 aromatic carbocycles. The van der Waals surface area contributed by atoms with Gasteiger partial charge in [0.25, 0.3) is 0 Å². The highest BCUT2D eigenvalue weighted by molar-refractivity contribution is 6.31. The fourth-order valence-electron chi connectivity index (χ4n) is 3.68. The Morgan fingerprint density at radius 1 is 1.17 bits per heavy atom. The summed E-state index contributed by atoms with van der Waals surface area (Å²) in [5.74, 6) is -0.654. The van der Waals surface area contributed by atoms with E-state index in [0.717, 1.165) is 29.7 Å². The molecule has 0 spiro atoms. The van der Waals surface area contributed by atoms with E-state index in [2.05, 4.69) is 10.2 Å². The lowest BCUT2D eigenvalue weighted by molar-refractivity contribution is -0.116. The van der Waals surface area contributed by atoms with E-state index in [1.807, 2.05) is 36.4 Å². The number of rotatable bonds is 5. The van der Waals surface area contributed by atoms with E-state index in [9.17, 15) is 9.59 Å². The molecule has 30 heavy (non-hydrogen) atoms. The van der Waals surface area contributed by atoms with Gasteiger partial charge in [0.15, 0.2) is 0 Å². The average Bonchev–Trinajstić information content (AvgIpc) is 3.12. The van der Waals surface area contributed by atoms with Crippen LogP contribution in [0.25, 0.3) is 10.9 Å². The Bertz CT molecular complexity index is 1090. The first-order chi connectivity index (χ1) is 14.6. The van der Waals surface area contributed by atoms with Gasteiger partial charge in [0.05, 0.1) is 37.3 Å². The van der Waals surface area contributed by atoms with Crippen LogP contribution in [0.5, 0.6) is 0 Å². The molecule has 8 heteroatoms. The van der Waals surface area contributed by atoms with E-state index in [0.29, 0.717) is 29.5 Å². The highest BCUT2D eigenvalue weighted by atomic mass is 35.5. The van der Waals surface area contributed by atoms with E-state index < -0.39 is 5.97 Å². The highest BCUT2D eigenvalue weighted by Gasteiger charge is 2.19. The van der Waals surface area contributed by atoms with Crippen LogP contribution in [0.4, 0.5) is 11.4 Å². The summed E-state index contributed by atoms with van der Waals surface area (Å²) in [6, 6.07) is 12.9. The van der Waals surface area contributed by atoms with Crippen molar-refractivity contribution in [2.45, 2.75) is 6.54 Å². The minimum absolute atomic E-state index is 0.0482. The van der Waals surface area contributed by atoms with Gasteiger partial charge in [-0.15, -0.1) is 0 Å². The van der Waals surface area contributed by atoms with Gasteiger partial charge >= 0.3 is 5.97 Å². The Balaban J connectivity index is 1.59. The first kappa shape index (κ1) is 20.3. The lowest BCUT2D eigenvalue weighted by Crippen LogP contribution is -2.36. The maximum atomic E-state index is 12.9. The molecule has 0 atom stereocenters. The maximum absolute atomic E-state index is 12.9. The second-order valence-electron chi connectivity index (χ2n) is 6.99. The molecule has 2 heterocycles. The Labute approximate surface area is 179 Å². The molecule has 0 aliphatic carbocycles. The number of morpholine rings is 1. The van der Waals surface area contributed by atoms with Crippen LogP contribution in [0.3, 0.4) is 0 Å². The number of methoxy groups -OCH3 is 1. The molecule has 0 saturated carbocycles. The highest BCUT2D eigenvalue weighted by Crippen LogP contribution is 2.30. The van der Waals surface area contributed by atoms with Gasteiger partial charge in [0.1, 0.15) is 6.54 Å². The number of amides is 1. The number of benzene rings is 2. The van der Waals surface area contributed by atoms with Crippen LogP contribution in [-0.2, 0) is 20.8 Å². The summed E-state index contributed by atoms with van der Waals surface area (Å²) in [5.41, 5.74) is 2.77. The van der Waals surface area contributed by atoms with Crippen LogP contribution in [0.1, 0.15) is 10.4 Å². The fraction of sp³-hybridized carbons (Fsp3) is 0.273. The second kappa shape index (κ2) is 8.77. The summed E-state index contributed by atoms with van der Waals surface area (Å²) in [4.78, 5) is 27.2. The van der Waals surface area contributed by atoms with Crippen molar-refractivity contribution in [2.24, 2.45) is 0 Å². The fourth-order valence-corrected chi connectivity index (χ4v) is 3.86. The summed E-state index contributed by atoms with van der Waals surface area (Å²) in [6.07, 6.45) is 1.65. The molecular weight excluding hydrogens is 406 g/mol. The van der Waals surface area contributed by atoms with Gasteiger partial charge in [-0.05, 0) is 24.3 Å². The summed E-state index contributed by atoms with van der Waals surface area (Å²) in [7, 11) is 1.34. The topological polar surface area (TPSA) is 72.8 Å². The Morgan fingerprint density at radius 2 is 1.93 bits per heavy atom. The molecule has 1 amide bonds. The zero-order chi connectivity index (χ0) is 21.1. The van der Waals surface area contributed by atoms with Crippen molar-refractivity contribution >= 4 is 45.8 Å². The standard InChI is InChI=1S/C22H22ClN3O4/c1-29-22(28)17-13-26(19-5-3-2-4-16(17)19)14-21(27)24-18-12-15(23)6-7-20(18)25-8-10-30-11-9-25/h2-7,12-13H,8-11,14H2,1H3,(H,24,27). The van der Waals surface area contributed by atoms with E-state index in [1.54, 1.807) is 16.8 Å². The average molecular weight is 428 g/mol. The molecule has 0 unspecified atom stereocenters. The molecule has 1 fully saturated rings. The first-order valence-corrected chi connectivity index (χ1v) is 10.0. The minimum Gasteiger partial charge on any atom is -0.465 e. The van der Waals surface area contributed by atoms with Crippen molar-refractivity contribution in [1.29, 1.82) is 0 Å². The first-order valence-electron chi connectivity index (χ1n) is 9.65. The number of carbonyl (C=O) groups is 2. The number of hydrogen-bond acceptors (Lipinski definition) is 5. The van der Waals surface area contributed by atoms with Crippen LogP contribution in [0.2, 0.25) is 5.02 Å². The van der Waals surface area contributed by atoms with Gasteiger partial charge in [-0.3, -0.25) is 4.79 Å². The predicted octanol–water partition coefficient (Wildman–Crippen LogP) is 3.56. The number of nitrogens with zero attached hydrogens (tertiary/aromatic N) is 2. The minimum atomic E-state index is -0.435. The molecule has 1 saturated heterocycles. The lowest BCUT2D eigenvalue weighted by atomic mass is 10.2. The molecule has 1 aromatic heterocycles. The molecule has 7 nitrogen and oxygen atoms in total. The third-order valence-electron chi connectivity index (χ3n) is 5.09. The van der Waals surface area contributed by atoms with Crippen LogP contribution >= 0.6 is 11.6 Å². The number of halogens is 1. The van der Waals surface area contributed by atoms with Crippen LogP contribution < -0.4 is 10.2 Å². The third kappa shape index (κ3) is 4.13. The van der Waals surface area contributed by atoms with Crippen molar-refractivity contribution in [3.8, 4) is 0 Å². The molecule has 1 aliphatic rings. The Hall–Kier alpha value is -3.03. The summed E-state index contributed by atoms with van der Waals surface area (Å²) >= 11 is 6.18. The number of fused-ring (bicyclic) bond motifs is 1. The number of aromatic nitrogens is 1. The van der Waals surface area contributed by atoms with E-state index in [1.165, 1.54) is 7.11 Å². The van der Waals surface area contributed by atoms with Gasteiger partial charge in [-0.25, -0.2) is 4.79 Å². The molecule has 4 rings (SSSR count). The molecular formula is C22H22ClN3O4. The Morgan fingerprint density at radius 3 is 2.70 bits per heavy atom. The number of anilines is 2. The zero-order valence-electron chi connectivity index (χ0n) is 16.6. The summed E-state index contributed by atoms with van der Waals surface area (Å²) < 4.78 is 12.0. The monoisotopic (exact) mass is 427 g/mol. The molecule has 1 N–H and O–H groups in total. The number of para-hydroxylation sites is 1. The second-order valence-corrected chi connectivity index (χ2v) is 7.42. The molecule has 0 bridgehead atoms. The molecule has 156 valence electrons. The molecule has 1 aliphatic heterocycles. The largest absolute Gasteiger partial charge is 0.465 e. The number of ether oxygens (including phenoxy) is 2. The smallest absolute Gasteiger partial charge is 0.340 e. The van der Waals surface area contributed by atoms with E-state index >= 15 is 0 Å². The lowest BCUT2D eigenvalue weighted by Gasteiger charge is -2.30. The normalized spacial score (nSPS) is 14.0. The van der Waals surface area contributed by atoms with E-state index in [-0.39, 0.29) is 12.5 Å². The SMILES string of the molecule is COC(=O)c1cn(CC(=O)Nc2cc(Cl)ccc2N2CCOCC2)c2ccccc12. The van der Waals surface area contributed by atoms with Gasteiger partial charge < -0.3 is 24.3 Å². The summed E-state index contributed by atoms with van der Waals surface area (Å²) in [5, 5.41) is 4.26. The molecule has 3 aromatic rings. The number of esters is 1. The van der Waals surface area contributed by atoms with E-state index in [4.69, 9.17) is 21.1 Å². The van der Waals surface area contributed by atoms with Crippen molar-refractivity contribution < 1.29 is 19.1 Å². The van der Waals surface area contributed by atoms with Crippen LogP contribution in [-0.4, -0.2) is 49.9 Å². The van der Waals surface area contributed by atoms with Crippen molar-refractivity contribution in [3.05, 3.63) is 59.2 Å². The zero-order valence-corrected chi connectivity index (χ0v) is 17.3. The Kier molecular flexibility index (Phi) is 5.92. The predicted molar refractivity (Wildman–Crippen MR) is 116 cm³/mol. The molecule has 0 radical (unpaired) electrons. The quantitative estimate of drug-likeness (QED) is 0.630. The number of nitrogens with one attached hydrogen (secondary N) is 1. The summed E-state index contributed by atoms with van der Waals surface area (Å²) in [6.45, 7) is 2.82. The van der Waals surface area contributed by atoms with Gasteiger partial charge in [-0.2, -0.15) is 0 Å². The van der Waals surface area contributed by atoms with Crippen molar-refractivity contribution in [1.82, 2.24) is 4.57 Å². The van der Waals surface area contributed by atoms with Crippen molar-refractivity contribution in [2.75, 3.05) is 43.6 Å². The van der Waals surface area contributed by atoms with Gasteiger partial charge in [0, 0.05) is 35.2 Å². The van der Waals surface area contributed by atoms with Gasteiger partial charge in [0.2, 0.25) is 5.91 Å².